The highest BCUT2D eigenvalue weighted by atomic mass is 35.5. The third-order valence-corrected chi connectivity index (χ3v) is 7.20. The van der Waals surface area contributed by atoms with Crippen molar-refractivity contribution in [1.82, 2.24) is 0 Å². The van der Waals surface area contributed by atoms with Gasteiger partial charge in [0.15, 0.2) is 0 Å². The van der Waals surface area contributed by atoms with Crippen molar-refractivity contribution in [3.05, 3.63) is 76.1 Å². The fourth-order valence-corrected chi connectivity index (χ4v) is 5.25. The van der Waals surface area contributed by atoms with Gasteiger partial charge < -0.3 is 11.1 Å². The number of sulfonamides is 1. The molecular weight excluding hydrogens is 448 g/mol. The number of nitrogens with one attached hydrogen (secondary N) is 1. The van der Waals surface area contributed by atoms with E-state index in [1.165, 1.54) is 12.1 Å². The van der Waals surface area contributed by atoms with E-state index in [1.54, 1.807) is 48.5 Å². The Bertz CT molecular complexity index is 1270. The van der Waals surface area contributed by atoms with Crippen LogP contribution in [-0.2, 0) is 10.0 Å². The Labute approximate surface area is 180 Å². The van der Waals surface area contributed by atoms with Crippen molar-refractivity contribution in [1.29, 1.82) is 0 Å². The molecule has 0 aliphatic carbocycles. The molecule has 3 N–H and O–H groups in total. The maximum atomic E-state index is 12.5. The van der Waals surface area contributed by atoms with Crippen LogP contribution in [0.25, 0.3) is 0 Å². The topological polar surface area (TPSA) is 122 Å². The minimum Gasteiger partial charge on any atom is -0.369 e. The summed E-state index contributed by atoms with van der Waals surface area (Å²) >= 11 is 6.63. The molecule has 0 bridgehead atoms. The molecule has 11 heteroatoms. The molecule has 2 aromatic carbocycles. The summed E-state index contributed by atoms with van der Waals surface area (Å²) in [5.41, 5.74) is 7.21. The predicted octanol–water partition coefficient (Wildman–Crippen LogP) is 3.32. The van der Waals surface area contributed by atoms with Gasteiger partial charge in [0.1, 0.15) is 4.21 Å². The van der Waals surface area contributed by atoms with Gasteiger partial charge in [-0.15, -0.1) is 15.7 Å². The highest BCUT2D eigenvalue weighted by Crippen LogP contribution is 2.29. The zero-order valence-corrected chi connectivity index (χ0v) is 17.5. The number of imide groups is 1. The van der Waals surface area contributed by atoms with Crippen LogP contribution in [0.5, 0.6) is 0 Å². The SMILES string of the molecule is NC(=NS(=O)(=O)c1ccc(Cl)s1)Nc1ccc(N2C(=O)c3ccccc3C2=O)cc1. The highest BCUT2D eigenvalue weighted by molar-refractivity contribution is 7.92. The van der Waals surface area contributed by atoms with Gasteiger partial charge in [-0.2, -0.15) is 8.42 Å². The Hall–Kier alpha value is -3.21. The van der Waals surface area contributed by atoms with Crippen LogP contribution in [0.15, 0.2) is 69.3 Å². The summed E-state index contributed by atoms with van der Waals surface area (Å²) in [4.78, 5) is 26.2. The van der Waals surface area contributed by atoms with Crippen molar-refractivity contribution in [2.75, 3.05) is 10.2 Å². The Balaban J connectivity index is 1.52. The molecule has 4 rings (SSSR count). The molecule has 0 saturated carbocycles. The van der Waals surface area contributed by atoms with Crippen LogP contribution in [0, 0.1) is 0 Å². The number of carbonyl (C=O) groups excluding carboxylic acids is 2. The maximum absolute atomic E-state index is 12.5. The molecule has 2 heterocycles. The lowest BCUT2D eigenvalue weighted by Crippen LogP contribution is -2.29. The van der Waals surface area contributed by atoms with Crippen LogP contribution < -0.4 is 16.0 Å². The summed E-state index contributed by atoms with van der Waals surface area (Å²) in [6, 6.07) is 15.6. The average molecular weight is 461 g/mol. The molecule has 0 radical (unpaired) electrons. The van der Waals surface area contributed by atoms with Crippen molar-refractivity contribution in [3.8, 4) is 0 Å². The Morgan fingerprint density at radius 3 is 2.10 bits per heavy atom. The molecule has 1 aliphatic heterocycles. The molecule has 0 saturated heterocycles. The minimum atomic E-state index is -3.99. The fourth-order valence-electron chi connectivity index (χ4n) is 2.90. The summed E-state index contributed by atoms with van der Waals surface area (Å²) < 4.78 is 28.3. The van der Waals surface area contributed by atoms with Crippen LogP contribution in [0.2, 0.25) is 4.34 Å². The van der Waals surface area contributed by atoms with E-state index in [2.05, 4.69) is 9.71 Å². The molecule has 0 unspecified atom stereocenters. The number of thiophene rings is 1. The van der Waals surface area contributed by atoms with E-state index in [1.807, 2.05) is 0 Å². The number of benzene rings is 2. The molecule has 152 valence electrons. The largest absolute Gasteiger partial charge is 0.369 e. The van der Waals surface area contributed by atoms with Crippen LogP contribution in [-0.4, -0.2) is 26.2 Å². The lowest BCUT2D eigenvalue weighted by atomic mass is 10.1. The number of amides is 2. The summed E-state index contributed by atoms with van der Waals surface area (Å²) in [6.45, 7) is 0. The third kappa shape index (κ3) is 3.67. The monoisotopic (exact) mass is 460 g/mol. The smallest absolute Gasteiger partial charge is 0.295 e. The van der Waals surface area contributed by atoms with E-state index in [0.717, 1.165) is 16.2 Å². The summed E-state index contributed by atoms with van der Waals surface area (Å²) in [5, 5.41) is 2.66. The normalized spacial score (nSPS) is 14.2. The van der Waals surface area contributed by atoms with Gasteiger partial charge in [0, 0.05) is 5.69 Å². The van der Waals surface area contributed by atoms with Gasteiger partial charge in [-0.05, 0) is 48.5 Å². The van der Waals surface area contributed by atoms with Gasteiger partial charge in [0.05, 0.1) is 21.2 Å². The first-order valence-corrected chi connectivity index (χ1v) is 11.1. The summed E-state index contributed by atoms with van der Waals surface area (Å²) in [5.74, 6) is -1.15. The fraction of sp³-hybridized carbons (Fsp3) is 0. The predicted molar refractivity (Wildman–Crippen MR) is 116 cm³/mol. The molecule has 1 aromatic heterocycles. The Morgan fingerprint density at radius 1 is 0.967 bits per heavy atom. The van der Waals surface area contributed by atoms with Crippen molar-refractivity contribution in [3.63, 3.8) is 0 Å². The van der Waals surface area contributed by atoms with E-state index in [0.29, 0.717) is 26.8 Å². The second-order valence-corrected chi connectivity index (χ2v) is 9.72. The van der Waals surface area contributed by atoms with E-state index >= 15 is 0 Å². The molecule has 0 spiro atoms. The van der Waals surface area contributed by atoms with Gasteiger partial charge in [-0.1, -0.05) is 23.7 Å². The number of hydrogen-bond donors (Lipinski definition) is 2. The van der Waals surface area contributed by atoms with E-state index in [9.17, 15) is 18.0 Å². The Morgan fingerprint density at radius 2 is 1.57 bits per heavy atom. The van der Waals surface area contributed by atoms with Gasteiger partial charge in [0.2, 0.25) is 5.96 Å². The molecule has 0 fully saturated rings. The lowest BCUT2D eigenvalue weighted by molar-refractivity contribution is 0.0926. The van der Waals surface area contributed by atoms with Gasteiger partial charge >= 0.3 is 0 Å². The highest BCUT2D eigenvalue weighted by Gasteiger charge is 2.36. The number of carbonyl (C=O) groups is 2. The summed E-state index contributed by atoms with van der Waals surface area (Å²) in [7, 11) is -3.99. The molecular formula is C19H13ClN4O4S2. The second kappa shape index (κ2) is 7.56. The second-order valence-electron chi connectivity index (χ2n) is 6.17. The maximum Gasteiger partial charge on any atom is 0.295 e. The Kier molecular flexibility index (Phi) is 5.06. The van der Waals surface area contributed by atoms with Crippen LogP contribution in [0.3, 0.4) is 0 Å². The first-order chi connectivity index (χ1) is 14.3. The van der Waals surface area contributed by atoms with E-state index < -0.39 is 21.8 Å². The molecule has 30 heavy (non-hydrogen) atoms. The van der Waals surface area contributed by atoms with Crippen LogP contribution in [0.1, 0.15) is 20.7 Å². The van der Waals surface area contributed by atoms with Crippen LogP contribution >= 0.6 is 22.9 Å². The van der Waals surface area contributed by atoms with E-state index in [-0.39, 0.29) is 10.2 Å². The van der Waals surface area contributed by atoms with Gasteiger partial charge in [-0.3, -0.25) is 9.59 Å². The summed E-state index contributed by atoms with van der Waals surface area (Å²) in [6.07, 6.45) is 0. The van der Waals surface area contributed by atoms with Crippen molar-refractivity contribution >= 4 is 62.1 Å². The van der Waals surface area contributed by atoms with Crippen LogP contribution in [0.4, 0.5) is 11.4 Å². The number of nitrogens with zero attached hydrogens (tertiary/aromatic N) is 2. The number of rotatable bonds is 4. The molecule has 2 amide bonds. The van der Waals surface area contributed by atoms with Gasteiger partial charge in [0.25, 0.3) is 21.8 Å². The number of fused-ring (bicyclic) bond motifs is 1. The quantitative estimate of drug-likeness (QED) is 0.350. The number of guanidine groups is 1. The number of hydrogen-bond acceptors (Lipinski definition) is 5. The number of anilines is 2. The first-order valence-electron chi connectivity index (χ1n) is 8.47. The third-order valence-electron chi connectivity index (χ3n) is 4.21. The van der Waals surface area contributed by atoms with Crippen molar-refractivity contribution in [2.24, 2.45) is 10.1 Å². The zero-order chi connectivity index (χ0) is 21.5. The zero-order valence-electron chi connectivity index (χ0n) is 15.1. The minimum absolute atomic E-state index is 0.0294. The molecule has 3 aromatic rings. The number of halogens is 1. The van der Waals surface area contributed by atoms with E-state index in [4.69, 9.17) is 17.3 Å². The molecule has 8 nitrogen and oxygen atoms in total. The first kappa shape index (κ1) is 20.1. The average Bonchev–Trinajstić information content (AvgIpc) is 3.25. The molecule has 1 aliphatic rings. The number of nitrogens with two attached hydrogens (primary N) is 1. The van der Waals surface area contributed by atoms with Crippen molar-refractivity contribution in [2.45, 2.75) is 4.21 Å². The lowest BCUT2D eigenvalue weighted by Gasteiger charge is -2.14. The van der Waals surface area contributed by atoms with Gasteiger partial charge in [-0.25, -0.2) is 4.90 Å². The molecule has 0 atom stereocenters. The standard InChI is InChI=1S/C19H13ClN4O4S2/c20-15-9-10-16(29-15)30(27,28)23-19(21)22-11-5-7-12(8-6-11)24-17(25)13-3-1-2-4-14(13)18(24)26/h1-10H,(H3,21,22,23). The van der Waals surface area contributed by atoms with Crippen molar-refractivity contribution < 1.29 is 18.0 Å².